The van der Waals surface area contributed by atoms with Crippen LogP contribution in [0.4, 0.5) is 10.5 Å². The first-order valence-corrected chi connectivity index (χ1v) is 11.5. The molecule has 3 aliphatic rings. The molecule has 2 saturated heterocycles. The lowest BCUT2D eigenvalue weighted by molar-refractivity contribution is -0.122. The van der Waals surface area contributed by atoms with Crippen LogP contribution in [-0.4, -0.2) is 63.9 Å². The highest BCUT2D eigenvalue weighted by Gasteiger charge is 2.48. The Morgan fingerprint density at radius 3 is 2.30 bits per heavy atom. The number of piperazine rings is 1. The molecule has 0 spiro atoms. The van der Waals surface area contributed by atoms with Crippen LogP contribution in [0.15, 0.2) is 42.9 Å². The third-order valence-electron chi connectivity index (χ3n) is 6.77. The topological polar surface area (TPSA) is 95.9 Å². The van der Waals surface area contributed by atoms with Crippen molar-refractivity contribution in [2.45, 2.75) is 32.2 Å². The molecule has 172 valence electrons. The van der Waals surface area contributed by atoms with Crippen molar-refractivity contribution >= 4 is 23.6 Å². The van der Waals surface area contributed by atoms with Gasteiger partial charge in [0.05, 0.1) is 23.7 Å². The van der Waals surface area contributed by atoms with Crippen molar-refractivity contribution in [3.63, 3.8) is 0 Å². The lowest BCUT2D eigenvalue weighted by atomic mass is 9.81. The fourth-order valence-electron chi connectivity index (χ4n) is 4.97. The molecule has 0 aromatic carbocycles. The second-order valence-electron chi connectivity index (χ2n) is 8.86. The molecule has 1 aliphatic carbocycles. The lowest BCUT2D eigenvalue weighted by Gasteiger charge is -2.33. The van der Waals surface area contributed by atoms with Crippen LogP contribution in [0.5, 0.6) is 5.88 Å². The number of pyridine rings is 2. The van der Waals surface area contributed by atoms with Gasteiger partial charge in [-0.05, 0) is 30.5 Å². The highest BCUT2D eigenvalue weighted by molar-refractivity contribution is 6.22. The van der Waals surface area contributed by atoms with Crippen LogP contribution < -0.4 is 9.64 Å². The van der Waals surface area contributed by atoms with Crippen molar-refractivity contribution in [3.8, 4) is 5.88 Å². The van der Waals surface area contributed by atoms with E-state index in [1.165, 1.54) is 17.2 Å². The number of amides is 3. The molecule has 0 bridgehead atoms. The smallest absolute Gasteiger partial charge is 0.391 e. The number of imide groups is 1. The van der Waals surface area contributed by atoms with Crippen molar-refractivity contribution < 1.29 is 19.1 Å². The molecular formula is C24H27N5O4. The maximum atomic E-state index is 12.7. The summed E-state index contributed by atoms with van der Waals surface area (Å²) in [6.07, 6.45) is 8.10. The highest BCUT2D eigenvalue weighted by atomic mass is 16.6. The summed E-state index contributed by atoms with van der Waals surface area (Å²) in [6.45, 7) is 3.43. The molecular weight excluding hydrogens is 422 g/mol. The van der Waals surface area contributed by atoms with Crippen LogP contribution >= 0.6 is 0 Å². The molecule has 9 nitrogen and oxygen atoms in total. The predicted molar refractivity (Wildman–Crippen MR) is 119 cm³/mol. The second-order valence-corrected chi connectivity index (χ2v) is 8.86. The van der Waals surface area contributed by atoms with Gasteiger partial charge in [0.25, 0.3) is 0 Å². The van der Waals surface area contributed by atoms with Gasteiger partial charge in [-0.1, -0.05) is 18.9 Å². The van der Waals surface area contributed by atoms with Gasteiger partial charge in [0.15, 0.2) is 0 Å². The molecule has 2 aromatic rings. The fourth-order valence-corrected chi connectivity index (χ4v) is 4.97. The van der Waals surface area contributed by atoms with Crippen LogP contribution in [-0.2, 0) is 16.1 Å². The van der Waals surface area contributed by atoms with E-state index in [-0.39, 0.29) is 29.5 Å². The minimum absolute atomic E-state index is 0.139. The van der Waals surface area contributed by atoms with Gasteiger partial charge >= 0.3 is 6.09 Å². The fraction of sp³-hybridized carbons (Fsp3) is 0.458. The van der Waals surface area contributed by atoms with Gasteiger partial charge < -0.3 is 9.64 Å². The van der Waals surface area contributed by atoms with E-state index in [0.717, 1.165) is 50.9 Å². The van der Waals surface area contributed by atoms with Gasteiger partial charge in [-0.2, -0.15) is 0 Å². The van der Waals surface area contributed by atoms with Crippen molar-refractivity contribution in [1.29, 1.82) is 0 Å². The van der Waals surface area contributed by atoms with Crippen molar-refractivity contribution in [2.24, 2.45) is 11.8 Å². The lowest BCUT2D eigenvalue weighted by Crippen LogP contribution is -2.49. The van der Waals surface area contributed by atoms with E-state index in [4.69, 9.17) is 4.74 Å². The van der Waals surface area contributed by atoms with Crippen molar-refractivity contribution in [3.05, 3.63) is 48.4 Å². The maximum absolute atomic E-state index is 12.7. The SMILES string of the molecule is O=C(Oc1ccc(N2C(=O)C3CCCCC3C2=O)cn1)N1CCN(Cc2cccnc2)CC1. The summed E-state index contributed by atoms with van der Waals surface area (Å²) in [5.41, 5.74) is 1.58. The number of aromatic nitrogens is 2. The van der Waals surface area contributed by atoms with Crippen LogP contribution in [0.25, 0.3) is 0 Å². The van der Waals surface area contributed by atoms with Crippen molar-refractivity contribution in [1.82, 2.24) is 19.8 Å². The number of hydrogen-bond acceptors (Lipinski definition) is 7. The molecule has 0 N–H and O–H groups in total. The van der Waals surface area contributed by atoms with E-state index in [1.54, 1.807) is 17.2 Å². The molecule has 2 unspecified atom stereocenters. The van der Waals surface area contributed by atoms with Crippen LogP contribution in [0, 0.1) is 11.8 Å². The molecule has 33 heavy (non-hydrogen) atoms. The zero-order valence-electron chi connectivity index (χ0n) is 18.4. The molecule has 9 heteroatoms. The minimum Gasteiger partial charge on any atom is -0.391 e. The number of nitrogens with zero attached hydrogens (tertiary/aromatic N) is 5. The molecule has 2 atom stereocenters. The number of carbonyl (C=O) groups excluding carboxylic acids is 3. The Balaban J connectivity index is 1.15. The molecule has 3 amide bonds. The summed E-state index contributed by atoms with van der Waals surface area (Å²) < 4.78 is 5.43. The van der Waals surface area contributed by atoms with Gasteiger partial charge in [-0.15, -0.1) is 0 Å². The normalized spacial score (nSPS) is 23.5. The maximum Gasteiger partial charge on any atom is 0.416 e. The Bertz CT molecular complexity index is 997. The monoisotopic (exact) mass is 449 g/mol. The predicted octanol–water partition coefficient (Wildman–Crippen LogP) is 2.47. The third-order valence-corrected chi connectivity index (χ3v) is 6.77. The Morgan fingerprint density at radius 2 is 1.70 bits per heavy atom. The third kappa shape index (κ3) is 4.45. The second kappa shape index (κ2) is 9.27. The first kappa shape index (κ1) is 21.5. The number of fused-ring (bicyclic) bond motifs is 1. The molecule has 5 rings (SSSR count). The first-order valence-electron chi connectivity index (χ1n) is 11.5. The van der Waals surface area contributed by atoms with E-state index in [1.807, 2.05) is 18.3 Å². The quantitative estimate of drug-likeness (QED) is 0.662. The minimum atomic E-state index is -0.448. The largest absolute Gasteiger partial charge is 0.416 e. The highest BCUT2D eigenvalue weighted by Crippen LogP contribution is 2.40. The number of hydrogen-bond donors (Lipinski definition) is 0. The number of anilines is 1. The van der Waals surface area contributed by atoms with E-state index < -0.39 is 6.09 Å². The molecule has 3 fully saturated rings. The van der Waals surface area contributed by atoms with E-state index in [2.05, 4.69) is 14.9 Å². The Kier molecular flexibility index (Phi) is 6.04. The van der Waals surface area contributed by atoms with E-state index in [0.29, 0.717) is 18.8 Å². The summed E-state index contributed by atoms with van der Waals surface area (Å²) in [7, 11) is 0. The number of rotatable bonds is 4. The van der Waals surface area contributed by atoms with Crippen LogP contribution in [0.3, 0.4) is 0 Å². The summed E-state index contributed by atoms with van der Waals surface area (Å²) in [5, 5.41) is 0. The summed E-state index contributed by atoms with van der Waals surface area (Å²) in [5.74, 6) is -0.542. The number of carbonyl (C=O) groups is 3. The zero-order chi connectivity index (χ0) is 22.8. The standard InChI is InChI=1S/C24H27N5O4/c30-22-19-5-1-2-6-20(19)23(31)29(22)18-7-8-21(26-15-18)33-24(32)28-12-10-27(11-13-28)16-17-4-3-9-25-14-17/h3-4,7-9,14-15,19-20H,1-2,5-6,10-13,16H2. The average molecular weight is 450 g/mol. The van der Waals surface area contributed by atoms with Gasteiger partial charge in [0.2, 0.25) is 17.7 Å². The number of ether oxygens (including phenoxy) is 1. The summed E-state index contributed by atoms with van der Waals surface area (Å²) >= 11 is 0. The molecule has 2 aromatic heterocycles. The van der Waals surface area contributed by atoms with Gasteiger partial charge in [0, 0.05) is 51.2 Å². The Labute approximate surface area is 192 Å². The van der Waals surface area contributed by atoms with Gasteiger partial charge in [0.1, 0.15) is 0 Å². The summed E-state index contributed by atoms with van der Waals surface area (Å²) in [4.78, 5) is 51.6. The molecule has 0 radical (unpaired) electrons. The molecule has 4 heterocycles. The zero-order valence-corrected chi connectivity index (χ0v) is 18.4. The summed E-state index contributed by atoms with van der Waals surface area (Å²) in [6, 6.07) is 7.12. The molecule has 2 aliphatic heterocycles. The van der Waals surface area contributed by atoms with Crippen molar-refractivity contribution in [2.75, 3.05) is 31.1 Å². The van der Waals surface area contributed by atoms with Crippen LogP contribution in [0.2, 0.25) is 0 Å². The molecule has 1 saturated carbocycles. The van der Waals surface area contributed by atoms with Gasteiger partial charge in [-0.25, -0.2) is 14.7 Å². The van der Waals surface area contributed by atoms with Crippen LogP contribution in [0.1, 0.15) is 31.2 Å². The Morgan fingerprint density at radius 1 is 0.970 bits per heavy atom. The first-order chi connectivity index (χ1) is 16.1. The Hall–Kier alpha value is -3.33. The average Bonchev–Trinajstić information content (AvgIpc) is 3.11. The van der Waals surface area contributed by atoms with E-state index >= 15 is 0 Å². The van der Waals surface area contributed by atoms with E-state index in [9.17, 15) is 14.4 Å². The van der Waals surface area contributed by atoms with Gasteiger partial charge in [-0.3, -0.25) is 19.5 Å².